The maximum atomic E-state index is 11.6. The molecular weight excluding hydrogens is 282 g/mol. The summed E-state index contributed by atoms with van der Waals surface area (Å²) in [6.07, 6.45) is -0.0820. The molecule has 3 rings (SSSR count). The van der Waals surface area contributed by atoms with Gasteiger partial charge in [-0.15, -0.1) is 0 Å². The number of hydrogen-bond donors (Lipinski definition) is 1. The van der Waals surface area contributed by atoms with E-state index in [-0.39, 0.29) is 17.7 Å². The Bertz CT molecular complexity index is 707. The quantitative estimate of drug-likeness (QED) is 0.940. The molecule has 22 heavy (non-hydrogen) atoms. The number of nitrogens with zero attached hydrogens (tertiary/aromatic N) is 2. The largest absolute Gasteiger partial charge is 0.464 e. The summed E-state index contributed by atoms with van der Waals surface area (Å²) in [4.78, 5) is 21.2. The van der Waals surface area contributed by atoms with Crippen molar-refractivity contribution in [1.82, 2.24) is 14.9 Å². The van der Waals surface area contributed by atoms with E-state index in [0.29, 0.717) is 19.0 Å². The number of ether oxygens (including phenoxy) is 1. The number of aromatic nitrogens is 2. The van der Waals surface area contributed by atoms with Crippen LogP contribution in [0.1, 0.15) is 42.1 Å². The van der Waals surface area contributed by atoms with Gasteiger partial charge >= 0.3 is 0 Å². The Labute approximate surface area is 129 Å². The van der Waals surface area contributed by atoms with E-state index in [9.17, 15) is 4.79 Å². The van der Waals surface area contributed by atoms with Crippen LogP contribution >= 0.6 is 0 Å². The van der Waals surface area contributed by atoms with Gasteiger partial charge in [0.15, 0.2) is 0 Å². The lowest BCUT2D eigenvalue weighted by Crippen LogP contribution is -2.40. The number of H-pyrrole nitrogens is 1. The number of aromatic amines is 1. The van der Waals surface area contributed by atoms with E-state index in [0.717, 1.165) is 23.8 Å². The Morgan fingerprint density at radius 1 is 1.41 bits per heavy atom. The monoisotopic (exact) mass is 303 g/mol. The van der Waals surface area contributed by atoms with E-state index in [4.69, 9.17) is 9.15 Å². The fourth-order valence-electron chi connectivity index (χ4n) is 2.79. The average molecular weight is 303 g/mol. The lowest BCUT2D eigenvalue weighted by atomic mass is 10.1. The molecule has 118 valence electrons. The highest BCUT2D eigenvalue weighted by molar-refractivity contribution is 5.10. The van der Waals surface area contributed by atoms with Crippen LogP contribution in [0.4, 0.5) is 0 Å². The highest BCUT2D eigenvalue weighted by atomic mass is 16.5. The first-order valence-corrected chi connectivity index (χ1v) is 7.53. The molecule has 1 aliphatic rings. The fraction of sp³-hybridized carbons (Fsp3) is 0.500. The van der Waals surface area contributed by atoms with Crippen LogP contribution in [0.25, 0.3) is 0 Å². The first kappa shape index (κ1) is 15.0. The topological polar surface area (TPSA) is 71.4 Å². The van der Waals surface area contributed by atoms with Crippen molar-refractivity contribution in [2.45, 2.75) is 32.9 Å². The minimum absolute atomic E-state index is 0.0232. The molecule has 0 spiro atoms. The Morgan fingerprint density at radius 2 is 2.23 bits per heavy atom. The lowest BCUT2D eigenvalue weighted by molar-refractivity contribution is -0.0535. The third-order valence-corrected chi connectivity index (χ3v) is 4.01. The lowest BCUT2D eigenvalue weighted by Gasteiger charge is -2.35. The summed E-state index contributed by atoms with van der Waals surface area (Å²) in [7, 11) is 0. The molecule has 3 heterocycles. The standard InChI is InChI=1S/C16H21N3O3/c1-10-8-15(20)18-16(17-10)12(3)19-6-7-21-14(9-19)13-5-4-11(2)22-13/h4-5,8,12,14H,6-7,9H2,1-3H3,(H,17,18,20)/t12-,14-/m0/s1. The van der Waals surface area contributed by atoms with Gasteiger partial charge in [0.05, 0.1) is 12.6 Å². The van der Waals surface area contributed by atoms with Gasteiger partial charge in [0.2, 0.25) is 0 Å². The summed E-state index contributed by atoms with van der Waals surface area (Å²) in [5.74, 6) is 2.43. The Hall–Kier alpha value is -1.92. The van der Waals surface area contributed by atoms with Crippen LogP contribution in [-0.2, 0) is 4.74 Å². The van der Waals surface area contributed by atoms with Crippen LogP contribution in [0, 0.1) is 13.8 Å². The molecule has 0 unspecified atom stereocenters. The highest BCUT2D eigenvalue weighted by Crippen LogP contribution is 2.28. The molecule has 2 aromatic heterocycles. The zero-order valence-electron chi connectivity index (χ0n) is 13.1. The van der Waals surface area contributed by atoms with E-state index in [1.807, 2.05) is 32.9 Å². The molecule has 1 saturated heterocycles. The van der Waals surface area contributed by atoms with Crippen LogP contribution in [-0.4, -0.2) is 34.6 Å². The van der Waals surface area contributed by atoms with Gasteiger partial charge in [-0.05, 0) is 32.9 Å². The molecule has 0 bridgehead atoms. The molecular formula is C16H21N3O3. The van der Waals surface area contributed by atoms with Crippen LogP contribution in [0.2, 0.25) is 0 Å². The summed E-state index contributed by atoms with van der Waals surface area (Å²) >= 11 is 0. The predicted octanol–water partition coefficient (Wildman–Crippen LogP) is 2.11. The van der Waals surface area contributed by atoms with Gasteiger partial charge in [0.25, 0.3) is 5.56 Å². The average Bonchev–Trinajstić information content (AvgIpc) is 2.92. The van der Waals surface area contributed by atoms with Crippen molar-refractivity contribution in [2.24, 2.45) is 0 Å². The number of morpholine rings is 1. The Morgan fingerprint density at radius 3 is 2.91 bits per heavy atom. The van der Waals surface area contributed by atoms with Crippen LogP contribution in [0.15, 0.2) is 27.4 Å². The number of furan rings is 1. The number of rotatable bonds is 3. The van der Waals surface area contributed by atoms with Crippen molar-refractivity contribution in [2.75, 3.05) is 19.7 Å². The highest BCUT2D eigenvalue weighted by Gasteiger charge is 2.28. The second-order valence-electron chi connectivity index (χ2n) is 5.75. The van der Waals surface area contributed by atoms with Gasteiger partial charge in [-0.2, -0.15) is 0 Å². The molecule has 6 heteroatoms. The summed E-state index contributed by atoms with van der Waals surface area (Å²) < 4.78 is 11.5. The minimum atomic E-state index is -0.110. The molecule has 0 aromatic carbocycles. The van der Waals surface area contributed by atoms with Crippen molar-refractivity contribution in [3.63, 3.8) is 0 Å². The number of aryl methyl sites for hydroxylation is 2. The van der Waals surface area contributed by atoms with Gasteiger partial charge in [-0.25, -0.2) is 4.98 Å². The normalized spacial score (nSPS) is 21.0. The molecule has 6 nitrogen and oxygen atoms in total. The zero-order valence-corrected chi connectivity index (χ0v) is 13.1. The van der Waals surface area contributed by atoms with Crippen LogP contribution in [0.5, 0.6) is 0 Å². The van der Waals surface area contributed by atoms with Crippen molar-refractivity contribution < 1.29 is 9.15 Å². The number of nitrogens with one attached hydrogen (secondary N) is 1. The van der Waals surface area contributed by atoms with Gasteiger partial charge in [-0.1, -0.05) is 0 Å². The predicted molar refractivity (Wildman–Crippen MR) is 81.7 cm³/mol. The second-order valence-corrected chi connectivity index (χ2v) is 5.75. The van der Waals surface area contributed by atoms with Crippen molar-refractivity contribution in [3.8, 4) is 0 Å². The van der Waals surface area contributed by atoms with Crippen LogP contribution in [0.3, 0.4) is 0 Å². The molecule has 2 atom stereocenters. The summed E-state index contributed by atoms with van der Waals surface area (Å²) in [5, 5.41) is 0. The molecule has 1 N–H and O–H groups in total. The fourth-order valence-corrected chi connectivity index (χ4v) is 2.79. The van der Waals surface area contributed by atoms with Gasteiger partial charge in [0, 0.05) is 24.8 Å². The minimum Gasteiger partial charge on any atom is -0.464 e. The summed E-state index contributed by atoms with van der Waals surface area (Å²) in [6, 6.07) is 5.43. The summed E-state index contributed by atoms with van der Waals surface area (Å²) in [6.45, 7) is 7.95. The molecule has 0 radical (unpaired) electrons. The summed E-state index contributed by atoms with van der Waals surface area (Å²) in [5.41, 5.74) is 0.623. The second kappa shape index (κ2) is 6.06. The molecule has 2 aromatic rings. The van der Waals surface area contributed by atoms with E-state index in [2.05, 4.69) is 14.9 Å². The smallest absolute Gasteiger partial charge is 0.251 e. The first-order valence-electron chi connectivity index (χ1n) is 7.53. The Balaban J connectivity index is 1.77. The maximum Gasteiger partial charge on any atom is 0.251 e. The first-order chi connectivity index (χ1) is 10.5. The third-order valence-electron chi connectivity index (χ3n) is 4.01. The molecule has 1 aliphatic heterocycles. The van der Waals surface area contributed by atoms with E-state index in [1.165, 1.54) is 6.07 Å². The third kappa shape index (κ3) is 3.13. The van der Waals surface area contributed by atoms with Crippen molar-refractivity contribution in [1.29, 1.82) is 0 Å². The molecule has 0 saturated carbocycles. The molecule has 1 fully saturated rings. The van der Waals surface area contributed by atoms with E-state index >= 15 is 0 Å². The Kier molecular flexibility index (Phi) is 4.13. The van der Waals surface area contributed by atoms with Crippen molar-refractivity contribution in [3.05, 3.63) is 51.6 Å². The van der Waals surface area contributed by atoms with Crippen LogP contribution < -0.4 is 5.56 Å². The van der Waals surface area contributed by atoms with Gasteiger partial charge in [-0.3, -0.25) is 9.69 Å². The molecule has 0 amide bonds. The number of hydrogen-bond acceptors (Lipinski definition) is 5. The van der Waals surface area contributed by atoms with Gasteiger partial charge < -0.3 is 14.1 Å². The zero-order chi connectivity index (χ0) is 15.7. The van der Waals surface area contributed by atoms with E-state index < -0.39 is 0 Å². The van der Waals surface area contributed by atoms with E-state index in [1.54, 1.807) is 0 Å². The van der Waals surface area contributed by atoms with Gasteiger partial charge in [0.1, 0.15) is 23.4 Å². The molecule has 0 aliphatic carbocycles. The SMILES string of the molecule is Cc1cc(=O)[nH]c([C@H](C)N2CCO[C@H](c3ccc(C)o3)C2)n1. The maximum absolute atomic E-state index is 11.6. The van der Waals surface area contributed by atoms with Crippen molar-refractivity contribution >= 4 is 0 Å².